The van der Waals surface area contributed by atoms with Crippen molar-refractivity contribution in [2.24, 2.45) is 7.05 Å². The molecule has 106 valence electrons. The van der Waals surface area contributed by atoms with E-state index in [0.717, 1.165) is 49.9 Å². The van der Waals surface area contributed by atoms with Crippen molar-refractivity contribution in [2.75, 3.05) is 26.3 Å². The minimum Gasteiger partial charge on any atom is -0.508 e. The second kappa shape index (κ2) is 5.64. The van der Waals surface area contributed by atoms with Gasteiger partial charge >= 0.3 is 0 Å². The Labute approximate surface area is 118 Å². The fraction of sp³-hybridized carbons (Fsp3) is 0.400. The molecular formula is C15H19N3O2. The zero-order valence-electron chi connectivity index (χ0n) is 11.6. The van der Waals surface area contributed by atoms with Crippen LogP contribution in [0.15, 0.2) is 30.5 Å². The van der Waals surface area contributed by atoms with Crippen LogP contribution in [0, 0.1) is 0 Å². The predicted molar refractivity (Wildman–Crippen MR) is 76.4 cm³/mol. The third kappa shape index (κ3) is 2.69. The van der Waals surface area contributed by atoms with Crippen LogP contribution in [0.5, 0.6) is 5.75 Å². The summed E-state index contributed by atoms with van der Waals surface area (Å²) in [5.74, 6) is 1.33. The molecule has 20 heavy (non-hydrogen) atoms. The van der Waals surface area contributed by atoms with Crippen LogP contribution in [-0.4, -0.2) is 45.9 Å². The molecule has 0 bridgehead atoms. The summed E-state index contributed by atoms with van der Waals surface area (Å²) in [5.41, 5.74) is 2.12. The van der Waals surface area contributed by atoms with Crippen molar-refractivity contribution in [2.45, 2.75) is 6.54 Å². The average molecular weight is 273 g/mol. The van der Waals surface area contributed by atoms with Gasteiger partial charge in [-0.25, -0.2) is 4.98 Å². The summed E-state index contributed by atoms with van der Waals surface area (Å²) >= 11 is 0. The molecule has 3 rings (SSSR count). The molecule has 0 aliphatic carbocycles. The molecule has 0 amide bonds. The summed E-state index contributed by atoms with van der Waals surface area (Å²) in [5, 5.41) is 9.35. The molecule has 0 spiro atoms. The molecule has 0 saturated carbocycles. The van der Waals surface area contributed by atoms with Gasteiger partial charge in [-0.3, -0.25) is 4.90 Å². The number of benzene rings is 1. The number of aromatic hydroxyl groups is 1. The number of morpholine rings is 1. The molecule has 0 atom stereocenters. The highest BCUT2D eigenvalue weighted by atomic mass is 16.5. The van der Waals surface area contributed by atoms with E-state index < -0.39 is 0 Å². The van der Waals surface area contributed by atoms with Crippen LogP contribution in [0.1, 0.15) is 5.82 Å². The summed E-state index contributed by atoms with van der Waals surface area (Å²) < 4.78 is 7.47. The SMILES string of the molecule is Cn1c(-c2ccc(O)cc2)cnc1CN1CCOCC1. The van der Waals surface area contributed by atoms with Gasteiger partial charge in [0.1, 0.15) is 11.6 Å². The molecule has 1 fully saturated rings. The second-order valence-corrected chi connectivity index (χ2v) is 5.05. The maximum absolute atomic E-state index is 9.35. The van der Waals surface area contributed by atoms with Crippen molar-refractivity contribution in [3.63, 3.8) is 0 Å². The summed E-state index contributed by atoms with van der Waals surface area (Å²) in [6.45, 7) is 4.37. The van der Waals surface area contributed by atoms with E-state index >= 15 is 0 Å². The number of hydrogen-bond donors (Lipinski definition) is 1. The minimum absolute atomic E-state index is 0.282. The van der Waals surface area contributed by atoms with Gasteiger partial charge in [-0.1, -0.05) is 0 Å². The lowest BCUT2D eigenvalue weighted by Gasteiger charge is -2.26. The van der Waals surface area contributed by atoms with Crippen molar-refractivity contribution < 1.29 is 9.84 Å². The van der Waals surface area contributed by atoms with Gasteiger partial charge in [-0.2, -0.15) is 0 Å². The molecule has 2 aromatic rings. The molecule has 5 heteroatoms. The van der Waals surface area contributed by atoms with Gasteiger partial charge in [-0.05, 0) is 24.3 Å². The Balaban J connectivity index is 1.79. The number of imidazole rings is 1. The standard InChI is InChI=1S/C15H19N3O2/c1-17-14(12-2-4-13(19)5-3-12)10-16-15(17)11-18-6-8-20-9-7-18/h2-5,10,19H,6-9,11H2,1H3. The first-order chi connectivity index (χ1) is 9.74. The Morgan fingerprint density at radius 3 is 2.60 bits per heavy atom. The van der Waals surface area contributed by atoms with Crippen molar-refractivity contribution in [1.29, 1.82) is 0 Å². The van der Waals surface area contributed by atoms with Gasteiger partial charge < -0.3 is 14.4 Å². The first kappa shape index (κ1) is 13.1. The molecule has 1 aliphatic heterocycles. The van der Waals surface area contributed by atoms with Crippen LogP contribution in [0.2, 0.25) is 0 Å². The zero-order valence-corrected chi connectivity index (χ0v) is 11.6. The molecule has 1 saturated heterocycles. The summed E-state index contributed by atoms with van der Waals surface area (Å²) in [7, 11) is 2.03. The number of rotatable bonds is 3. The number of phenols is 1. The number of hydrogen-bond acceptors (Lipinski definition) is 4. The predicted octanol–water partition coefficient (Wildman–Crippen LogP) is 1.62. The largest absolute Gasteiger partial charge is 0.508 e. The van der Waals surface area contributed by atoms with Gasteiger partial charge in [0.15, 0.2) is 0 Å². The first-order valence-corrected chi connectivity index (χ1v) is 6.84. The first-order valence-electron chi connectivity index (χ1n) is 6.84. The van der Waals surface area contributed by atoms with Gasteiger partial charge in [0.05, 0.1) is 31.6 Å². The van der Waals surface area contributed by atoms with Gasteiger partial charge in [0.25, 0.3) is 0 Å². The van der Waals surface area contributed by atoms with E-state index in [0.29, 0.717) is 0 Å². The highest BCUT2D eigenvalue weighted by Crippen LogP contribution is 2.22. The molecule has 5 nitrogen and oxygen atoms in total. The topological polar surface area (TPSA) is 50.5 Å². The molecular weight excluding hydrogens is 254 g/mol. The quantitative estimate of drug-likeness (QED) is 0.923. The van der Waals surface area contributed by atoms with Crippen LogP contribution in [0.25, 0.3) is 11.3 Å². The van der Waals surface area contributed by atoms with Gasteiger partial charge in [0.2, 0.25) is 0 Å². The van der Waals surface area contributed by atoms with Crippen LogP contribution < -0.4 is 0 Å². The zero-order chi connectivity index (χ0) is 13.9. The van der Waals surface area contributed by atoms with E-state index in [2.05, 4.69) is 14.5 Å². The van der Waals surface area contributed by atoms with E-state index in [-0.39, 0.29) is 5.75 Å². The third-order valence-corrected chi connectivity index (χ3v) is 3.72. The average Bonchev–Trinajstić information content (AvgIpc) is 2.83. The molecule has 0 unspecified atom stereocenters. The van der Waals surface area contributed by atoms with Crippen molar-refractivity contribution in [3.8, 4) is 17.0 Å². The lowest BCUT2D eigenvalue weighted by atomic mass is 10.1. The number of phenolic OH excluding ortho intramolecular Hbond substituents is 1. The van der Waals surface area contributed by atoms with Crippen LogP contribution in [0.4, 0.5) is 0 Å². The lowest BCUT2D eigenvalue weighted by Crippen LogP contribution is -2.36. The molecule has 1 aliphatic rings. The Kier molecular flexibility index (Phi) is 3.71. The number of nitrogens with zero attached hydrogens (tertiary/aromatic N) is 3. The molecule has 1 aromatic carbocycles. The van der Waals surface area contributed by atoms with Crippen molar-refractivity contribution in [1.82, 2.24) is 14.5 Å². The summed E-state index contributed by atoms with van der Waals surface area (Å²) in [6, 6.07) is 7.21. The second-order valence-electron chi connectivity index (χ2n) is 5.05. The van der Waals surface area contributed by atoms with Crippen molar-refractivity contribution >= 4 is 0 Å². The highest BCUT2D eigenvalue weighted by molar-refractivity contribution is 5.60. The Bertz CT molecular complexity index is 571. The lowest BCUT2D eigenvalue weighted by molar-refractivity contribution is 0.0327. The molecule has 1 aromatic heterocycles. The Morgan fingerprint density at radius 2 is 1.90 bits per heavy atom. The fourth-order valence-electron chi connectivity index (χ4n) is 2.45. The Morgan fingerprint density at radius 1 is 1.20 bits per heavy atom. The van der Waals surface area contributed by atoms with Gasteiger partial charge in [-0.15, -0.1) is 0 Å². The number of ether oxygens (including phenoxy) is 1. The number of aromatic nitrogens is 2. The van der Waals surface area contributed by atoms with E-state index in [9.17, 15) is 5.11 Å². The van der Waals surface area contributed by atoms with E-state index in [1.165, 1.54) is 0 Å². The maximum Gasteiger partial charge on any atom is 0.123 e. The van der Waals surface area contributed by atoms with Crippen molar-refractivity contribution in [3.05, 3.63) is 36.3 Å². The highest BCUT2D eigenvalue weighted by Gasteiger charge is 2.15. The monoisotopic (exact) mass is 273 g/mol. The van der Waals surface area contributed by atoms with E-state index in [1.54, 1.807) is 12.1 Å². The molecule has 1 N–H and O–H groups in total. The smallest absolute Gasteiger partial charge is 0.123 e. The summed E-state index contributed by atoms with van der Waals surface area (Å²) in [6.07, 6.45) is 1.89. The van der Waals surface area contributed by atoms with E-state index in [4.69, 9.17) is 4.74 Å². The van der Waals surface area contributed by atoms with Crippen LogP contribution in [0.3, 0.4) is 0 Å². The van der Waals surface area contributed by atoms with Crippen LogP contribution in [-0.2, 0) is 18.3 Å². The minimum atomic E-state index is 0.282. The van der Waals surface area contributed by atoms with E-state index in [1.807, 2.05) is 25.4 Å². The normalized spacial score (nSPS) is 16.4. The fourth-order valence-corrected chi connectivity index (χ4v) is 2.45. The third-order valence-electron chi connectivity index (χ3n) is 3.72. The van der Waals surface area contributed by atoms with Gasteiger partial charge in [0, 0.05) is 25.7 Å². The van der Waals surface area contributed by atoms with Crippen LogP contribution >= 0.6 is 0 Å². The summed E-state index contributed by atoms with van der Waals surface area (Å²) in [4.78, 5) is 6.88. The molecule has 2 heterocycles. The molecule has 0 radical (unpaired) electrons. The Hall–Kier alpha value is -1.85. The maximum atomic E-state index is 9.35.